The summed E-state index contributed by atoms with van der Waals surface area (Å²) in [6.07, 6.45) is 2.12. The van der Waals surface area contributed by atoms with Crippen molar-refractivity contribution in [1.82, 2.24) is 20.8 Å². The second-order valence-corrected chi connectivity index (χ2v) is 4.78. The Balaban J connectivity index is 1.98. The molecule has 2 N–H and O–H groups in total. The molecule has 0 saturated carbocycles. The average Bonchev–Trinajstić information content (AvgIpc) is 2.90. The molecule has 2 rings (SSSR count). The molecular weight excluding hydrogens is 260 g/mol. The van der Waals surface area contributed by atoms with Crippen molar-refractivity contribution >= 4 is 5.91 Å². The first-order chi connectivity index (χ1) is 9.74. The third kappa shape index (κ3) is 3.77. The van der Waals surface area contributed by atoms with Gasteiger partial charge < -0.3 is 19.9 Å². The number of amides is 1. The summed E-state index contributed by atoms with van der Waals surface area (Å²) in [5.41, 5.74) is 0. The number of carbonyl (C=O) groups excluding carboxylic acids is 1. The van der Waals surface area contributed by atoms with Gasteiger partial charge in [0, 0.05) is 19.7 Å². The minimum atomic E-state index is -0.297. The fraction of sp³-hybridized carbons (Fsp3) is 0.769. The minimum absolute atomic E-state index is 0.0223. The number of carbonyl (C=O) groups is 1. The van der Waals surface area contributed by atoms with E-state index in [9.17, 15) is 4.79 Å². The highest BCUT2D eigenvalue weighted by atomic mass is 16.5. The zero-order valence-electron chi connectivity index (χ0n) is 12.0. The first-order valence-electron chi connectivity index (χ1n) is 7.19. The van der Waals surface area contributed by atoms with Gasteiger partial charge in [-0.05, 0) is 13.3 Å². The van der Waals surface area contributed by atoms with E-state index in [1.165, 1.54) is 0 Å². The fourth-order valence-corrected chi connectivity index (χ4v) is 2.22. The molecule has 1 aliphatic heterocycles. The van der Waals surface area contributed by atoms with Crippen LogP contribution in [0.1, 0.15) is 44.5 Å². The second kappa shape index (κ2) is 7.35. The Morgan fingerprint density at radius 1 is 1.45 bits per heavy atom. The van der Waals surface area contributed by atoms with Crippen molar-refractivity contribution in [3.63, 3.8) is 0 Å². The van der Waals surface area contributed by atoms with E-state index in [-0.39, 0.29) is 18.1 Å². The highest BCUT2D eigenvalue weighted by Crippen LogP contribution is 2.20. The Bertz CT molecular complexity index is 429. The number of hydrogen-bond donors (Lipinski definition) is 2. The number of piperazine rings is 1. The molecule has 2 unspecified atom stereocenters. The van der Waals surface area contributed by atoms with E-state index in [1.54, 1.807) is 0 Å². The number of aromatic nitrogens is 2. The molecule has 1 amide bonds. The largest absolute Gasteiger partial charge is 0.370 e. The van der Waals surface area contributed by atoms with Gasteiger partial charge in [-0.2, -0.15) is 4.98 Å². The Labute approximate surface area is 118 Å². The van der Waals surface area contributed by atoms with Crippen molar-refractivity contribution in [3.05, 3.63) is 11.7 Å². The highest BCUT2D eigenvalue weighted by Gasteiger charge is 2.25. The zero-order chi connectivity index (χ0) is 14.4. The maximum absolute atomic E-state index is 11.7. The van der Waals surface area contributed by atoms with Crippen molar-refractivity contribution in [2.24, 2.45) is 0 Å². The van der Waals surface area contributed by atoms with E-state index >= 15 is 0 Å². The lowest BCUT2D eigenvalue weighted by atomic mass is 10.1. The smallest absolute Gasteiger partial charge is 0.237 e. The quantitative estimate of drug-likeness (QED) is 0.760. The third-order valence-corrected chi connectivity index (χ3v) is 3.20. The molecule has 7 heteroatoms. The molecule has 0 bridgehead atoms. The van der Waals surface area contributed by atoms with Crippen molar-refractivity contribution in [3.8, 4) is 0 Å². The van der Waals surface area contributed by atoms with Gasteiger partial charge in [-0.3, -0.25) is 4.79 Å². The summed E-state index contributed by atoms with van der Waals surface area (Å²) in [7, 11) is 0. The molecule has 7 nitrogen and oxygen atoms in total. The van der Waals surface area contributed by atoms with Crippen LogP contribution in [0.15, 0.2) is 4.52 Å². The van der Waals surface area contributed by atoms with Gasteiger partial charge in [0.15, 0.2) is 0 Å². The van der Waals surface area contributed by atoms with Crippen LogP contribution in [0, 0.1) is 0 Å². The van der Waals surface area contributed by atoms with Crippen LogP contribution in [0.3, 0.4) is 0 Å². The number of hydrogen-bond acceptors (Lipinski definition) is 6. The zero-order valence-corrected chi connectivity index (χ0v) is 12.0. The van der Waals surface area contributed by atoms with Crippen molar-refractivity contribution < 1.29 is 14.1 Å². The topological polar surface area (TPSA) is 89.3 Å². The Kier molecular flexibility index (Phi) is 5.49. The summed E-state index contributed by atoms with van der Waals surface area (Å²) in [6.45, 7) is 6.06. The second-order valence-electron chi connectivity index (χ2n) is 4.78. The van der Waals surface area contributed by atoms with E-state index in [1.807, 2.05) is 6.92 Å². The van der Waals surface area contributed by atoms with Crippen LogP contribution in [0.2, 0.25) is 0 Å². The van der Waals surface area contributed by atoms with Gasteiger partial charge in [0.2, 0.25) is 17.6 Å². The lowest BCUT2D eigenvalue weighted by Gasteiger charge is -2.21. The van der Waals surface area contributed by atoms with Crippen LogP contribution < -0.4 is 10.6 Å². The molecule has 0 radical (unpaired) electrons. The summed E-state index contributed by atoms with van der Waals surface area (Å²) in [4.78, 5) is 16.0. The van der Waals surface area contributed by atoms with Gasteiger partial charge in [0.1, 0.15) is 6.10 Å². The summed E-state index contributed by atoms with van der Waals surface area (Å²) >= 11 is 0. The molecule has 112 valence electrons. The van der Waals surface area contributed by atoms with Gasteiger partial charge >= 0.3 is 0 Å². The monoisotopic (exact) mass is 282 g/mol. The predicted octanol–water partition coefficient (Wildman–Crippen LogP) is 0.578. The third-order valence-electron chi connectivity index (χ3n) is 3.20. The van der Waals surface area contributed by atoms with Crippen LogP contribution in [-0.2, 0) is 16.0 Å². The summed E-state index contributed by atoms with van der Waals surface area (Å²) in [5, 5.41) is 9.92. The van der Waals surface area contributed by atoms with Gasteiger partial charge in [0.25, 0.3) is 0 Å². The van der Waals surface area contributed by atoms with Gasteiger partial charge in [-0.25, -0.2) is 0 Å². The van der Waals surface area contributed by atoms with Crippen LogP contribution in [0.25, 0.3) is 0 Å². The number of nitrogens with zero attached hydrogens (tertiary/aromatic N) is 2. The van der Waals surface area contributed by atoms with Crippen LogP contribution in [0.4, 0.5) is 0 Å². The molecule has 1 fully saturated rings. The first kappa shape index (κ1) is 14.9. The van der Waals surface area contributed by atoms with E-state index in [2.05, 4.69) is 27.7 Å². The van der Waals surface area contributed by atoms with E-state index in [0.717, 1.165) is 19.4 Å². The SMILES string of the molecule is CCCC(OCC)c1noc(CC2NCCNC2=O)n1. The average molecular weight is 282 g/mol. The van der Waals surface area contributed by atoms with Crippen molar-refractivity contribution in [1.29, 1.82) is 0 Å². The van der Waals surface area contributed by atoms with E-state index in [4.69, 9.17) is 9.26 Å². The normalized spacial score (nSPS) is 20.7. The Morgan fingerprint density at radius 3 is 3.00 bits per heavy atom. The van der Waals surface area contributed by atoms with Crippen LogP contribution in [0.5, 0.6) is 0 Å². The molecule has 0 aromatic carbocycles. The summed E-state index contributed by atoms with van der Waals surface area (Å²) in [6, 6.07) is -0.297. The maximum Gasteiger partial charge on any atom is 0.237 e. The molecule has 2 heterocycles. The lowest BCUT2D eigenvalue weighted by Crippen LogP contribution is -2.53. The van der Waals surface area contributed by atoms with Crippen molar-refractivity contribution in [2.75, 3.05) is 19.7 Å². The molecule has 20 heavy (non-hydrogen) atoms. The maximum atomic E-state index is 11.7. The van der Waals surface area contributed by atoms with Gasteiger partial charge in [-0.15, -0.1) is 0 Å². The molecule has 0 aliphatic carbocycles. The summed E-state index contributed by atoms with van der Waals surface area (Å²) in [5.74, 6) is 1.01. The fourth-order valence-electron chi connectivity index (χ4n) is 2.22. The molecule has 1 aromatic heterocycles. The van der Waals surface area contributed by atoms with Gasteiger partial charge in [0.05, 0.1) is 12.5 Å². The molecular formula is C13H22N4O3. The highest BCUT2D eigenvalue weighted by molar-refractivity contribution is 5.82. The predicted molar refractivity (Wildman–Crippen MR) is 72.1 cm³/mol. The van der Waals surface area contributed by atoms with E-state index in [0.29, 0.717) is 31.3 Å². The molecule has 1 aliphatic rings. The first-order valence-corrected chi connectivity index (χ1v) is 7.19. The number of nitrogens with one attached hydrogen (secondary N) is 2. The standard InChI is InChI=1S/C13H22N4O3/c1-3-5-10(19-4-2)12-16-11(20-17-12)8-9-13(18)15-7-6-14-9/h9-10,14H,3-8H2,1-2H3,(H,15,18). The van der Waals surface area contributed by atoms with E-state index < -0.39 is 0 Å². The van der Waals surface area contributed by atoms with Gasteiger partial charge in [-0.1, -0.05) is 18.5 Å². The van der Waals surface area contributed by atoms with Crippen molar-refractivity contribution in [2.45, 2.75) is 45.3 Å². The lowest BCUT2D eigenvalue weighted by molar-refractivity contribution is -0.124. The molecule has 1 saturated heterocycles. The Hall–Kier alpha value is -1.47. The summed E-state index contributed by atoms with van der Waals surface area (Å²) < 4.78 is 10.8. The number of ether oxygens (including phenoxy) is 1. The number of rotatable bonds is 7. The molecule has 2 atom stereocenters. The molecule has 0 spiro atoms. The Morgan fingerprint density at radius 2 is 2.30 bits per heavy atom. The van der Waals surface area contributed by atoms with Crippen LogP contribution in [-0.4, -0.2) is 41.8 Å². The van der Waals surface area contributed by atoms with Crippen LogP contribution >= 0.6 is 0 Å². The minimum Gasteiger partial charge on any atom is -0.370 e. The molecule has 1 aromatic rings.